The molecule has 27 heavy (non-hydrogen) atoms. The van der Waals surface area contributed by atoms with Crippen molar-refractivity contribution in [2.24, 2.45) is 5.73 Å². The van der Waals surface area contributed by atoms with E-state index in [9.17, 15) is 26.4 Å². The summed E-state index contributed by atoms with van der Waals surface area (Å²) in [6, 6.07) is 6.51. The van der Waals surface area contributed by atoms with Gasteiger partial charge in [0.2, 0.25) is 0 Å². The molecule has 3 N–H and O–H groups in total. The molecular formula is C16H19ClF3N3O3S. The average Bonchev–Trinajstić information content (AvgIpc) is 2.53. The van der Waals surface area contributed by atoms with Crippen molar-refractivity contribution >= 4 is 33.1 Å². The first-order chi connectivity index (χ1) is 12.3. The number of hydrogen-bond acceptors (Lipinski definition) is 5. The number of sulfone groups is 1. The smallest absolute Gasteiger partial charge is 0.395 e. The van der Waals surface area contributed by atoms with Crippen LogP contribution in [0, 0.1) is 5.41 Å². The lowest BCUT2D eigenvalue weighted by Gasteiger charge is -2.23. The molecule has 0 aromatic heterocycles. The van der Waals surface area contributed by atoms with E-state index in [0.717, 1.165) is 11.2 Å². The molecule has 1 aromatic rings. The highest BCUT2D eigenvalue weighted by Crippen LogP contribution is 2.22. The van der Waals surface area contributed by atoms with E-state index < -0.39 is 33.3 Å². The first kappa shape index (κ1) is 23.0. The van der Waals surface area contributed by atoms with E-state index >= 15 is 0 Å². The Kier molecular flexibility index (Phi) is 7.85. The van der Waals surface area contributed by atoms with Gasteiger partial charge in [-0.1, -0.05) is 29.8 Å². The van der Waals surface area contributed by atoms with Crippen molar-refractivity contribution in [2.75, 3.05) is 18.6 Å². The van der Waals surface area contributed by atoms with E-state index in [1.807, 2.05) is 0 Å². The highest BCUT2D eigenvalue weighted by molar-refractivity contribution is 7.90. The van der Waals surface area contributed by atoms with Crippen molar-refractivity contribution in [1.82, 2.24) is 4.90 Å². The zero-order valence-electron chi connectivity index (χ0n) is 14.4. The van der Waals surface area contributed by atoms with Gasteiger partial charge in [-0.05, 0) is 24.1 Å². The van der Waals surface area contributed by atoms with Crippen molar-refractivity contribution in [3.05, 3.63) is 46.6 Å². The van der Waals surface area contributed by atoms with Crippen LogP contribution >= 0.6 is 11.6 Å². The molecule has 6 nitrogen and oxygen atoms in total. The predicted octanol–water partition coefficient (Wildman–Crippen LogP) is 2.53. The summed E-state index contributed by atoms with van der Waals surface area (Å²) in [6.45, 7) is -0.177. The van der Waals surface area contributed by atoms with Gasteiger partial charge in [-0.15, -0.1) is 0 Å². The molecule has 0 bridgehead atoms. The fraction of sp³-hybridized carbons (Fsp3) is 0.375. The molecule has 0 atom stereocenters. The maximum Gasteiger partial charge on any atom is 0.430 e. The number of rotatable bonds is 8. The zero-order valence-corrected chi connectivity index (χ0v) is 16.0. The van der Waals surface area contributed by atoms with Crippen LogP contribution in [0.15, 0.2) is 36.0 Å². The Morgan fingerprint density at radius 2 is 1.93 bits per heavy atom. The highest BCUT2D eigenvalue weighted by Gasteiger charge is 2.32. The number of carbonyl (C=O) groups is 1. The number of nitrogens with two attached hydrogens (primary N) is 1. The van der Waals surface area contributed by atoms with Crippen molar-refractivity contribution in [2.45, 2.75) is 19.1 Å². The molecule has 1 aromatic carbocycles. The fourth-order valence-corrected chi connectivity index (χ4v) is 2.92. The third-order valence-corrected chi connectivity index (χ3v) is 4.81. The average molecular weight is 426 g/mol. The summed E-state index contributed by atoms with van der Waals surface area (Å²) in [4.78, 5) is 13.5. The van der Waals surface area contributed by atoms with Gasteiger partial charge in [0.1, 0.15) is 21.2 Å². The van der Waals surface area contributed by atoms with Gasteiger partial charge in [0.05, 0.1) is 5.75 Å². The molecule has 0 unspecified atom stereocenters. The highest BCUT2D eigenvalue weighted by atomic mass is 35.5. The zero-order chi connectivity index (χ0) is 20.8. The molecule has 1 amide bonds. The maximum atomic E-state index is 12.5. The van der Waals surface area contributed by atoms with Crippen LogP contribution in [-0.4, -0.2) is 49.7 Å². The Bertz CT molecular complexity index is 839. The molecule has 0 aliphatic heterocycles. The molecule has 0 aliphatic rings. The molecule has 0 saturated heterocycles. The number of alkyl halides is 3. The second-order valence-corrected chi connectivity index (χ2v) is 8.48. The van der Waals surface area contributed by atoms with Gasteiger partial charge < -0.3 is 10.6 Å². The quantitative estimate of drug-likeness (QED) is 0.624. The van der Waals surface area contributed by atoms with Gasteiger partial charge in [-0.3, -0.25) is 10.2 Å². The number of halogens is 4. The summed E-state index contributed by atoms with van der Waals surface area (Å²) in [5, 5.41) is 7.94. The monoisotopic (exact) mass is 425 g/mol. The van der Waals surface area contributed by atoms with E-state index in [-0.39, 0.29) is 31.3 Å². The van der Waals surface area contributed by atoms with Crippen molar-refractivity contribution in [3.8, 4) is 0 Å². The molecule has 11 heteroatoms. The van der Waals surface area contributed by atoms with Gasteiger partial charge in [0, 0.05) is 24.4 Å². The Morgan fingerprint density at radius 1 is 1.33 bits per heavy atom. The van der Waals surface area contributed by atoms with Crippen LogP contribution in [0.4, 0.5) is 13.2 Å². The molecule has 150 valence electrons. The number of carbonyl (C=O) groups excluding carboxylic acids is 1. The lowest BCUT2D eigenvalue weighted by atomic mass is 10.2. The van der Waals surface area contributed by atoms with Crippen LogP contribution in [0.25, 0.3) is 0 Å². The van der Waals surface area contributed by atoms with E-state index in [4.69, 9.17) is 22.7 Å². The van der Waals surface area contributed by atoms with Crippen LogP contribution in [0.2, 0.25) is 5.02 Å². The summed E-state index contributed by atoms with van der Waals surface area (Å²) < 4.78 is 60.1. The Labute approximate surface area is 160 Å². The summed E-state index contributed by atoms with van der Waals surface area (Å²) >= 11 is 6.04. The summed E-state index contributed by atoms with van der Waals surface area (Å²) in [5.41, 5.74) is 2.82. The first-order valence-electron chi connectivity index (χ1n) is 7.64. The molecule has 0 heterocycles. The normalized spacial score (nSPS) is 12.7. The van der Waals surface area contributed by atoms with Gasteiger partial charge in [0.25, 0.3) is 5.91 Å². The first-order valence-corrected chi connectivity index (χ1v) is 10.1. The number of nitrogens with zero attached hydrogens (tertiary/aromatic N) is 1. The molecule has 0 fully saturated rings. The topological polar surface area (TPSA) is 104 Å². The Balaban J connectivity index is 3.03. The maximum absolute atomic E-state index is 12.5. The van der Waals surface area contributed by atoms with Crippen LogP contribution in [-0.2, 0) is 21.2 Å². The van der Waals surface area contributed by atoms with E-state index in [1.54, 1.807) is 24.3 Å². The second-order valence-electron chi connectivity index (χ2n) is 5.81. The summed E-state index contributed by atoms with van der Waals surface area (Å²) in [7, 11) is -3.28. The third kappa shape index (κ3) is 8.00. The predicted molar refractivity (Wildman–Crippen MR) is 97.2 cm³/mol. The standard InChI is InChI=1S/C16H19ClF3N3O3S/c1-27(25,26)8-4-7-23(10-11-5-2-3-6-12(11)17)15(24)13(21)9-14(22)16(18,19)20/h2-3,5-6,9,21H,4,7-8,10,22H2,1H3. The van der Waals surface area contributed by atoms with E-state index in [0.29, 0.717) is 10.6 Å². The minimum Gasteiger partial charge on any atom is -0.395 e. The molecular weight excluding hydrogens is 407 g/mol. The van der Waals surface area contributed by atoms with Crippen molar-refractivity contribution in [1.29, 1.82) is 5.41 Å². The Morgan fingerprint density at radius 3 is 2.44 bits per heavy atom. The fourth-order valence-electron chi connectivity index (χ4n) is 2.07. The summed E-state index contributed by atoms with van der Waals surface area (Å²) in [6.07, 6.45) is -3.54. The lowest BCUT2D eigenvalue weighted by molar-refractivity contribution is -0.124. The number of nitrogens with one attached hydrogen (secondary N) is 1. The number of benzene rings is 1. The SMILES string of the molecule is CS(=O)(=O)CCCN(Cc1ccccc1Cl)C(=O)C(=N)C=C(N)C(F)(F)F. The Hall–Kier alpha value is -2.07. The van der Waals surface area contributed by atoms with Gasteiger partial charge in [-0.2, -0.15) is 13.2 Å². The van der Waals surface area contributed by atoms with Crippen LogP contribution in [0.5, 0.6) is 0 Å². The molecule has 0 aliphatic carbocycles. The van der Waals surface area contributed by atoms with Crippen molar-refractivity contribution in [3.63, 3.8) is 0 Å². The van der Waals surface area contributed by atoms with Gasteiger partial charge in [-0.25, -0.2) is 8.42 Å². The molecule has 0 spiro atoms. The molecule has 0 radical (unpaired) electrons. The van der Waals surface area contributed by atoms with Crippen LogP contribution in [0.1, 0.15) is 12.0 Å². The van der Waals surface area contributed by atoms with Crippen LogP contribution < -0.4 is 5.73 Å². The summed E-state index contributed by atoms with van der Waals surface area (Å²) in [5.74, 6) is -1.23. The third-order valence-electron chi connectivity index (χ3n) is 3.41. The number of allylic oxidation sites excluding steroid dienone is 1. The van der Waals surface area contributed by atoms with E-state index in [1.165, 1.54) is 0 Å². The minimum atomic E-state index is -4.86. The van der Waals surface area contributed by atoms with Gasteiger partial charge >= 0.3 is 6.18 Å². The lowest BCUT2D eigenvalue weighted by Crippen LogP contribution is -2.37. The second kappa shape index (κ2) is 9.23. The minimum absolute atomic E-state index is 0.0563. The number of amides is 1. The van der Waals surface area contributed by atoms with Crippen molar-refractivity contribution < 1.29 is 26.4 Å². The molecule has 1 rings (SSSR count). The number of hydrogen-bond donors (Lipinski definition) is 2. The van der Waals surface area contributed by atoms with Gasteiger partial charge in [0.15, 0.2) is 0 Å². The molecule has 0 saturated carbocycles. The van der Waals surface area contributed by atoms with E-state index in [2.05, 4.69) is 0 Å². The van der Waals surface area contributed by atoms with Crippen LogP contribution in [0.3, 0.4) is 0 Å². The largest absolute Gasteiger partial charge is 0.430 e.